The predicted octanol–water partition coefficient (Wildman–Crippen LogP) is 1.89. The van der Waals surface area contributed by atoms with E-state index in [9.17, 15) is 14.9 Å². The maximum Gasteiger partial charge on any atom is 0.292 e. The Labute approximate surface area is 154 Å². The maximum absolute atomic E-state index is 12.4. The molecule has 1 aliphatic rings. The summed E-state index contributed by atoms with van der Waals surface area (Å²) in [7, 11) is 0. The number of carbonyl (C=O) groups is 1. The molecule has 2 N–H and O–H groups in total. The van der Waals surface area contributed by atoms with Crippen molar-refractivity contribution in [2.24, 2.45) is 5.73 Å². The highest BCUT2D eigenvalue weighted by molar-refractivity contribution is 7.09. The van der Waals surface area contributed by atoms with E-state index in [4.69, 9.17) is 5.73 Å². The molecule has 2 heterocycles. The van der Waals surface area contributed by atoms with Crippen molar-refractivity contribution < 1.29 is 9.72 Å². The van der Waals surface area contributed by atoms with Gasteiger partial charge < -0.3 is 15.5 Å². The number of para-hydroxylation sites is 2. The number of thiazole rings is 1. The standard InChI is InChI=1S/C15H17N5O3S.ClH/c16-9-14-17-11(10-24-14)15(21)19-7-5-18(6-8-19)12-3-1-2-4-13(12)20(22)23;/h1-4,10H,5-9,16H2;1H. The number of piperazine rings is 1. The molecule has 0 radical (unpaired) electrons. The zero-order valence-corrected chi connectivity index (χ0v) is 15.0. The molecule has 1 aromatic carbocycles. The SMILES string of the molecule is Cl.NCc1nc(C(=O)N2CCN(c3ccccc3[N+](=O)[O-])CC2)cs1. The number of nitrogens with two attached hydrogens (primary N) is 1. The second-order valence-corrected chi connectivity index (χ2v) is 6.30. The molecule has 0 spiro atoms. The molecule has 25 heavy (non-hydrogen) atoms. The molecule has 1 amide bonds. The monoisotopic (exact) mass is 383 g/mol. The second kappa shape index (κ2) is 8.24. The van der Waals surface area contributed by atoms with Gasteiger partial charge in [0, 0.05) is 44.2 Å². The summed E-state index contributed by atoms with van der Waals surface area (Å²) in [6.45, 7) is 2.42. The molecule has 134 valence electrons. The van der Waals surface area contributed by atoms with Crippen molar-refractivity contribution in [3.63, 3.8) is 0 Å². The fourth-order valence-corrected chi connectivity index (χ4v) is 3.35. The summed E-state index contributed by atoms with van der Waals surface area (Å²) >= 11 is 1.38. The summed E-state index contributed by atoms with van der Waals surface area (Å²) in [5.41, 5.74) is 6.62. The van der Waals surface area contributed by atoms with E-state index in [1.165, 1.54) is 17.4 Å². The summed E-state index contributed by atoms with van der Waals surface area (Å²) in [6.07, 6.45) is 0. The molecule has 0 atom stereocenters. The van der Waals surface area contributed by atoms with E-state index in [0.717, 1.165) is 5.01 Å². The van der Waals surface area contributed by atoms with Crippen molar-refractivity contribution in [3.05, 3.63) is 50.5 Å². The lowest BCUT2D eigenvalue weighted by molar-refractivity contribution is -0.384. The van der Waals surface area contributed by atoms with Gasteiger partial charge in [0.15, 0.2) is 0 Å². The number of amides is 1. The fraction of sp³-hybridized carbons (Fsp3) is 0.333. The highest BCUT2D eigenvalue weighted by Gasteiger charge is 2.26. The van der Waals surface area contributed by atoms with E-state index in [2.05, 4.69) is 4.98 Å². The number of hydrogen-bond acceptors (Lipinski definition) is 7. The number of hydrogen-bond donors (Lipinski definition) is 1. The minimum atomic E-state index is -0.378. The van der Waals surface area contributed by atoms with Crippen LogP contribution in [0.2, 0.25) is 0 Å². The number of anilines is 1. The van der Waals surface area contributed by atoms with Gasteiger partial charge in [-0.25, -0.2) is 4.98 Å². The van der Waals surface area contributed by atoms with Gasteiger partial charge in [0.25, 0.3) is 11.6 Å². The summed E-state index contributed by atoms with van der Waals surface area (Å²) in [5, 5.41) is 13.6. The Morgan fingerprint density at radius 2 is 1.96 bits per heavy atom. The van der Waals surface area contributed by atoms with Crippen LogP contribution in [0.4, 0.5) is 11.4 Å². The van der Waals surface area contributed by atoms with Crippen molar-refractivity contribution in [1.29, 1.82) is 0 Å². The second-order valence-electron chi connectivity index (χ2n) is 5.36. The summed E-state index contributed by atoms with van der Waals surface area (Å²) < 4.78 is 0. The van der Waals surface area contributed by atoms with Gasteiger partial charge in [-0.3, -0.25) is 14.9 Å². The Hall–Kier alpha value is -2.23. The third-order valence-electron chi connectivity index (χ3n) is 3.93. The summed E-state index contributed by atoms with van der Waals surface area (Å²) in [4.78, 5) is 31.1. The zero-order chi connectivity index (χ0) is 17.1. The van der Waals surface area contributed by atoms with Crippen LogP contribution in [-0.4, -0.2) is 46.9 Å². The predicted molar refractivity (Wildman–Crippen MR) is 98.5 cm³/mol. The molecule has 1 saturated heterocycles. The molecule has 1 aliphatic heterocycles. The molecule has 2 aromatic rings. The molecule has 3 rings (SSSR count). The molecular formula is C15H18ClN5O3S. The van der Waals surface area contributed by atoms with Crippen LogP contribution in [0.1, 0.15) is 15.5 Å². The molecular weight excluding hydrogens is 366 g/mol. The van der Waals surface area contributed by atoms with Crippen LogP contribution in [0.3, 0.4) is 0 Å². The fourth-order valence-electron chi connectivity index (χ4n) is 2.70. The number of nitro benzene ring substituents is 1. The number of rotatable bonds is 4. The number of benzene rings is 1. The van der Waals surface area contributed by atoms with Crippen LogP contribution >= 0.6 is 23.7 Å². The highest BCUT2D eigenvalue weighted by Crippen LogP contribution is 2.28. The minimum Gasteiger partial charge on any atom is -0.362 e. The largest absolute Gasteiger partial charge is 0.362 e. The lowest BCUT2D eigenvalue weighted by atomic mass is 10.2. The topological polar surface area (TPSA) is 106 Å². The van der Waals surface area contributed by atoms with Gasteiger partial charge in [0.05, 0.1) is 4.92 Å². The number of nitrogens with zero attached hydrogens (tertiary/aromatic N) is 4. The Morgan fingerprint density at radius 1 is 1.28 bits per heavy atom. The van der Waals surface area contributed by atoms with Crippen LogP contribution < -0.4 is 10.6 Å². The van der Waals surface area contributed by atoms with Gasteiger partial charge in [0.1, 0.15) is 16.4 Å². The van der Waals surface area contributed by atoms with Crippen LogP contribution in [0, 0.1) is 10.1 Å². The van der Waals surface area contributed by atoms with E-state index in [0.29, 0.717) is 44.1 Å². The normalized spacial score (nSPS) is 14.1. The van der Waals surface area contributed by atoms with Crippen molar-refractivity contribution in [3.8, 4) is 0 Å². The first-order valence-electron chi connectivity index (χ1n) is 7.52. The van der Waals surface area contributed by atoms with E-state index in [1.807, 2.05) is 4.90 Å². The molecule has 10 heteroatoms. The van der Waals surface area contributed by atoms with E-state index in [-0.39, 0.29) is 28.9 Å². The maximum atomic E-state index is 12.4. The van der Waals surface area contributed by atoms with Crippen LogP contribution in [0.25, 0.3) is 0 Å². The first kappa shape index (κ1) is 19.1. The Bertz CT molecular complexity index is 761. The van der Waals surface area contributed by atoms with Crippen molar-refractivity contribution >= 4 is 41.0 Å². The third-order valence-corrected chi connectivity index (χ3v) is 4.80. The van der Waals surface area contributed by atoms with Gasteiger partial charge >= 0.3 is 0 Å². The molecule has 0 saturated carbocycles. The summed E-state index contributed by atoms with van der Waals surface area (Å²) in [6, 6.07) is 6.67. The molecule has 0 bridgehead atoms. The van der Waals surface area contributed by atoms with Crippen LogP contribution in [0.5, 0.6) is 0 Å². The van der Waals surface area contributed by atoms with Gasteiger partial charge in [-0.1, -0.05) is 12.1 Å². The Balaban J connectivity index is 0.00000225. The van der Waals surface area contributed by atoms with Gasteiger partial charge in [-0.2, -0.15) is 0 Å². The van der Waals surface area contributed by atoms with Crippen molar-refractivity contribution in [1.82, 2.24) is 9.88 Å². The Kier molecular flexibility index (Phi) is 6.29. The number of nitro groups is 1. The number of halogens is 1. The van der Waals surface area contributed by atoms with E-state index in [1.54, 1.807) is 28.5 Å². The van der Waals surface area contributed by atoms with Gasteiger partial charge in [0.2, 0.25) is 0 Å². The highest BCUT2D eigenvalue weighted by atomic mass is 35.5. The van der Waals surface area contributed by atoms with Crippen LogP contribution in [0.15, 0.2) is 29.6 Å². The lowest BCUT2D eigenvalue weighted by Crippen LogP contribution is -2.49. The number of aromatic nitrogens is 1. The van der Waals surface area contributed by atoms with Crippen LogP contribution in [-0.2, 0) is 6.54 Å². The summed E-state index contributed by atoms with van der Waals surface area (Å²) in [5.74, 6) is -0.117. The number of carbonyl (C=O) groups excluding carboxylic acids is 1. The quantitative estimate of drug-likeness (QED) is 0.638. The molecule has 1 fully saturated rings. The van der Waals surface area contributed by atoms with Crippen molar-refractivity contribution in [2.75, 3.05) is 31.1 Å². The molecule has 1 aromatic heterocycles. The van der Waals surface area contributed by atoms with Gasteiger partial charge in [-0.15, -0.1) is 23.7 Å². The average Bonchev–Trinajstić information content (AvgIpc) is 3.10. The van der Waals surface area contributed by atoms with Crippen molar-refractivity contribution in [2.45, 2.75) is 6.54 Å². The lowest BCUT2D eigenvalue weighted by Gasteiger charge is -2.35. The van der Waals surface area contributed by atoms with E-state index >= 15 is 0 Å². The third kappa shape index (κ3) is 4.06. The van der Waals surface area contributed by atoms with Gasteiger partial charge in [-0.05, 0) is 6.07 Å². The molecule has 0 aliphatic carbocycles. The first-order chi connectivity index (χ1) is 11.6. The smallest absolute Gasteiger partial charge is 0.292 e. The first-order valence-corrected chi connectivity index (χ1v) is 8.40. The van der Waals surface area contributed by atoms with E-state index < -0.39 is 0 Å². The Morgan fingerprint density at radius 3 is 2.56 bits per heavy atom. The molecule has 0 unspecified atom stereocenters. The zero-order valence-electron chi connectivity index (χ0n) is 13.3. The minimum absolute atomic E-state index is 0. The molecule has 8 nitrogen and oxygen atoms in total. The average molecular weight is 384 g/mol.